The second kappa shape index (κ2) is 6.53. The molecule has 0 radical (unpaired) electrons. The average Bonchev–Trinajstić information content (AvgIpc) is 2.78. The van der Waals surface area contributed by atoms with Crippen molar-refractivity contribution in [3.05, 3.63) is 16.5 Å². The van der Waals surface area contributed by atoms with Gasteiger partial charge in [-0.15, -0.1) is 11.3 Å². The van der Waals surface area contributed by atoms with Gasteiger partial charge in [0.05, 0.1) is 12.7 Å². The molecular weight excluding hydrogens is 296 g/mol. The second-order valence-electron chi connectivity index (χ2n) is 5.00. The number of sulfonamides is 1. The van der Waals surface area contributed by atoms with E-state index in [2.05, 4.69) is 5.32 Å². The van der Waals surface area contributed by atoms with Crippen LogP contribution in [0.2, 0.25) is 0 Å². The number of ether oxygens (including phenoxy) is 1. The van der Waals surface area contributed by atoms with Crippen molar-refractivity contribution >= 4 is 21.4 Å². The van der Waals surface area contributed by atoms with Crippen molar-refractivity contribution in [2.75, 3.05) is 26.2 Å². The van der Waals surface area contributed by atoms with Gasteiger partial charge in [-0.2, -0.15) is 4.31 Å². The van der Waals surface area contributed by atoms with Crippen LogP contribution in [0.1, 0.15) is 24.3 Å². The van der Waals surface area contributed by atoms with Crippen molar-refractivity contribution in [1.82, 2.24) is 9.62 Å². The summed E-state index contributed by atoms with van der Waals surface area (Å²) in [6.45, 7) is 8.84. The fourth-order valence-electron chi connectivity index (χ4n) is 2.16. The lowest BCUT2D eigenvalue weighted by atomic mass is 10.3. The van der Waals surface area contributed by atoms with Gasteiger partial charge in [0, 0.05) is 24.5 Å². The quantitative estimate of drug-likeness (QED) is 0.895. The summed E-state index contributed by atoms with van der Waals surface area (Å²) in [5.41, 5.74) is 1.04. The summed E-state index contributed by atoms with van der Waals surface area (Å²) < 4.78 is 32.6. The first-order chi connectivity index (χ1) is 9.45. The maximum atomic E-state index is 12.6. The molecule has 1 saturated heterocycles. The number of nitrogens with one attached hydrogen (secondary N) is 1. The summed E-state index contributed by atoms with van der Waals surface area (Å²) in [5, 5.41) is 3.24. The van der Waals surface area contributed by atoms with Gasteiger partial charge in [0.1, 0.15) is 4.21 Å². The Morgan fingerprint density at radius 2 is 2.30 bits per heavy atom. The summed E-state index contributed by atoms with van der Waals surface area (Å²) in [6.07, 6.45) is -0.0409. The van der Waals surface area contributed by atoms with Gasteiger partial charge in [-0.1, -0.05) is 6.92 Å². The molecule has 0 bridgehead atoms. The number of nitrogens with zero attached hydrogens (tertiary/aromatic N) is 1. The average molecular weight is 318 g/mol. The molecule has 1 aliphatic heterocycles. The summed E-state index contributed by atoms with van der Waals surface area (Å²) >= 11 is 1.37. The Hall–Kier alpha value is -0.470. The summed E-state index contributed by atoms with van der Waals surface area (Å²) in [7, 11) is -3.38. The van der Waals surface area contributed by atoms with Crippen molar-refractivity contribution in [1.29, 1.82) is 0 Å². The van der Waals surface area contributed by atoms with E-state index in [1.807, 2.05) is 20.8 Å². The van der Waals surface area contributed by atoms with Gasteiger partial charge in [0.25, 0.3) is 10.0 Å². The minimum atomic E-state index is -3.38. The maximum absolute atomic E-state index is 12.6. The largest absolute Gasteiger partial charge is 0.376 e. The Kier molecular flexibility index (Phi) is 5.19. The van der Waals surface area contributed by atoms with Crippen molar-refractivity contribution < 1.29 is 13.2 Å². The van der Waals surface area contributed by atoms with Gasteiger partial charge < -0.3 is 10.1 Å². The predicted molar refractivity (Wildman–Crippen MR) is 80.6 cm³/mol. The van der Waals surface area contributed by atoms with Gasteiger partial charge in [-0.25, -0.2) is 8.42 Å². The first kappa shape index (κ1) is 15.9. The topological polar surface area (TPSA) is 58.6 Å². The Morgan fingerprint density at radius 1 is 1.55 bits per heavy atom. The first-order valence-corrected chi connectivity index (χ1v) is 9.12. The van der Waals surface area contributed by atoms with E-state index in [0.717, 1.165) is 23.5 Å². The SMILES string of the molecule is CCNCc1sc(S(=O)(=O)N2CCOC(C)C2)cc1C. The van der Waals surface area contributed by atoms with Crippen LogP contribution in [0.4, 0.5) is 0 Å². The third-order valence-electron chi connectivity index (χ3n) is 3.33. The highest BCUT2D eigenvalue weighted by atomic mass is 32.2. The molecule has 1 atom stereocenters. The monoisotopic (exact) mass is 318 g/mol. The molecule has 2 heterocycles. The third kappa shape index (κ3) is 3.40. The molecule has 0 aliphatic carbocycles. The molecular formula is C13H22N2O3S2. The highest BCUT2D eigenvalue weighted by Gasteiger charge is 2.30. The molecule has 7 heteroatoms. The Morgan fingerprint density at radius 3 is 2.95 bits per heavy atom. The molecule has 0 aromatic carbocycles. The molecule has 2 rings (SSSR count). The van der Waals surface area contributed by atoms with E-state index in [1.54, 1.807) is 6.07 Å². The van der Waals surface area contributed by atoms with E-state index in [-0.39, 0.29) is 6.10 Å². The molecule has 0 saturated carbocycles. The van der Waals surface area contributed by atoms with Gasteiger partial charge >= 0.3 is 0 Å². The van der Waals surface area contributed by atoms with Crippen LogP contribution >= 0.6 is 11.3 Å². The van der Waals surface area contributed by atoms with Crippen molar-refractivity contribution in [2.45, 2.75) is 37.6 Å². The van der Waals surface area contributed by atoms with Crippen molar-refractivity contribution in [3.63, 3.8) is 0 Å². The van der Waals surface area contributed by atoms with Gasteiger partial charge in [-0.05, 0) is 32.0 Å². The number of hydrogen-bond donors (Lipinski definition) is 1. The van der Waals surface area contributed by atoms with E-state index >= 15 is 0 Å². The fourth-order valence-corrected chi connectivity index (χ4v) is 5.38. The van der Waals surface area contributed by atoms with E-state index in [9.17, 15) is 8.42 Å². The molecule has 1 N–H and O–H groups in total. The lowest BCUT2D eigenvalue weighted by molar-refractivity contribution is 0.0102. The molecule has 1 aromatic heterocycles. The number of aryl methyl sites for hydroxylation is 1. The smallest absolute Gasteiger partial charge is 0.252 e. The highest BCUT2D eigenvalue weighted by Crippen LogP contribution is 2.29. The van der Waals surface area contributed by atoms with Crippen LogP contribution in [0, 0.1) is 6.92 Å². The van der Waals surface area contributed by atoms with E-state index in [4.69, 9.17) is 4.74 Å². The number of rotatable bonds is 5. The van der Waals surface area contributed by atoms with Crippen molar-refractivity contribution in [3.8, 4) is 0 Å². The van der Waals surface area contributed by atoms with Gasteiger partial charge in [0.2, 0.25) is 0 Å². The third-order valence-corrected chi connectivity index (χ3v) is 6.88. The maximum Gasteiger partial charge on any atom is 0.252 e. The van der Waals surface area contributed by atoms with Crippen molar-refractivity contribution in [2.24, 2.45) is 0 Å². The van der Waals surface area contributed by atoms with Crippen LogP contribution < -0.4 is 5.32 Å². The minimum Gasteiger partial charge on any atom is -0.376 e. The predicted octanol–water partition coefficient (Wildman–Crippen LogP) is 1.58. The molecule has 1 unspecified atom stereocenters. The zero-order valence-electron chi connectivity index (χ0n) is 12.2. The number of morpholine rings is 1. The summed E-state index contributed by atoms with van der Waals surface area (Å²) in [4.78, 5) is 1.09. The molecule has 1 aromatic rings. The summed E-state index contributed by atoms with van der Waals surface area (Å²) in [5.74, 6) is 0. The van der Waals surface area contributed by atoms with Gasteiger partial charge in [-0.3, -0.25) is 0 Å². The Bertz CT molecular complexity index is 554. The van der Waals surface area contributed by atoms with E-state index < -0.39 is 10.0 Å². The lowest BCUT2D eigenvalue weighted by Crippen LogP contribution is -2.44. The molecule has 1 aliphatic rings. The number of thiophene rings is 1. The fraction of sp³-hybridized carbons (Fsp3) is 0.692. The minimum absolute atomic E-state index is 0.0409. The molecule has 0 spiro atoms. The molecule has 5 nitrogen and oxygen atoms in total. The van der Waals surface area contributed by atoms with Crippen LogP contribution in [0.5, 0.6) is 0 Å². The summed E-state index contributed by atoms with van der Waals surface area (Å²) in [6, 6.07) is 1.78. The molecule has 0 amide bonds. The normalized spacial score (nSPS) is 21.2. The van der Waals surface area contributed by atoms with Crippen LogP contribution in [0.3, 0.4) is 0 Å². The van der Waals surface area contributed by atoms with E-state index in [0.29, 0.717) is 23.9 Å². The number of hydrogen-bond acceptors (Lipinski definition) is 5. The molecule has 114 valence electrons. The molecule has 1 fully saturated rings. The van der Waals surface area contributed by atoms with Crippen LogP contribution in [0.15, 0.2) is 10.3 Å². The van der Waals surface area contributed by atoms with Gasteiger partial charge in [0.15, 0.2) is 0 Å². The van der Waals surface area contributed by atoms with E-state index in [1.165, 1.54) is 15.6 Å². The Labute approximate surface area is 125 Å². The van der Waals surface area contributed by atoms with Crippen LogP contribution in [0.25, 0.3) is 0 Å². The standard InChI is InChI=1S/C13H22N2O3S2/c1-4-14-8-12-10(2)7-13(19-12)20(16,17)15-5-6-18-11(3)9-15/h7,11,14H,4-6,8-9H2,1-3H3. The highest BCUT2D eigenvalue weighted by molar-refractivity contribution is 7.91. The Balaban J connectivity index is 2.21. The zero-order valence-corrected chi connectivity index (χ0v) is 13.8. The first-order valence-electron chi connectivity index (χ1n) is 6.87. The van der Waals surface area contributed by atoms with Crippen LogP contribution in [-0.2, 0) is 21.3 Å². The zero-order chi connectivity index (χ0) is 14.8. The lowest BCUT2D eigenvalue weighted by Gasteiger charge is -2.29. The second-order valence-corrected chi connectivity index (χ2v) is 8.30. The molecule has 20 heavy (non-hydrogen) atoms. The van der Waals surface area contributed by atoms with Crippen LogP contribution in [-0.4, -0.2) is 45.1 Å².